The first-order valence-corrected chi connectivity index (χ1v) is 19.8. The Morgan fingerprint density at radius 2 is 1.67 bits per heavy atom. The monoisotopic (exact) mass is 726 g/mol. The Morgan fingerprint density at radius 3 is 2.22 bits per heavy atom. The van der Waals surface area contributed by atoms with Gasteiger partial charge in [0, 0.05) is 38.2 Å². The second-order valence-electron chi connectivity index (χ2n) is 17.3. The Kier molecular flexibility index (Phi) is 16.0. The molecule has 0 spiro atoms. The smallest absolute Gasteiger partial charge is 0.319 e. The van der Waals surface area contributed by atoms with Gasteiger partial charge in [0.2, 0.25) is 0 Å². The van der Waals surface area contributed by atoms with Gasteiger partial charge in [-0.15, -0.1) is 0 Å². The lowest BCUT2D eigenvalue weighted by Gasteiger charge is -2.46. The number of nitrogens with zero attached hydrogens (tertiary/aromatic N) is 3. The average Bonchev–Trinajstić information content (AvgIpc) is 3.45. The number of ketones is 1. The van der Waals surface area contributed by atoms with Crippen molar-refractivity contribution >= 4 is 11.8 Å². The number of Topliss-reactive ketones (excluding diaryl/α,β-unsaturated/α-hetero) is 1. The Hall–Kier alpha value is -1.18. The Balaban J connectivity index is 0.00000345. The fourth-order valence-electron chi connectivity index (χ4n) is 8.96. The lowest BCUT2D eigenvalue weighted by Crippen LogP contribution is -2.55. The van der Waals surface area contributed by atoms with Crippen LogP contribution in [0.3, 0.4) is 0 Å². The van der Waals surface area contributed by atoms with Crippen LogP contribution in [0.5, 0.6) is 0 Å². The number of ether oxygens (including phenoxy) is 5. The molecule has 0 aromatic heterocycles. The molecule has 11 heteroatoms. The molecule has 1 N–H and O–H groups in total. The molecule has 0 saturated carbocycles. The first kappa shape index (κ1) is 44.2. The van der Waals surface area contributed by atoms with Crippen molar-refractivity contribution in [1.29, 1.82) is 0 Å². The van der Waals surface area contributed by atoms with Crippen molar-refractivity contribution in [3.8, 4) is 0 Å². The number of esters is 1. The molecule has 0 aromatic rings. The van der Waals surface area contributed by atoms with E-state index in [4.69, 9.17) is 23.7 Å². The van der Waals surface area contributed by atoms with Crippen LogP contribution in [0.4, 0.5) is 0 Å². The van der Waals surface area contributed by atoms with E-state index in [1.54, 1.807) is 21.0 Å². The quantitative estimate of drug-likeness (QED) is 0.283. The van der Waals surface area contributed by atoms with E-state index in [9.17, 15) is 14.7 Å². The lowest BCUT2D eigenvalue weighted by molar-refractivity contribution is -0.167. The van der Waals surface area contributed by atoms with Crippen molar-refractivity contribution < 1.29 is 38.4 Å². The normalized spacial score (nSPS) is 38.5. The number of methoxy groups -OCH3 is 1. The summed E-state index contributed by atoms with van der Waals surface area (Å²) in [5.74, 6) is -0.905. The number of likely N-dealkylation sites (tertiary alicyclic amines) is 1. The summed E-state index contributed by atoms with van der Waals surface area (Å²) in [5, 5.41) is 11.4. The van der Waals surface area contributed by atoms with Crippen molar-refractivity contribution in [2.45, 2.75) is 162 Å². The summed E-state index contributed by atoms with van der Waals surface area (Å²) in [7, 11) is 7.82. The van der Waals surface area contributed by atoms with Crippen molar-refractivity contribution in [2.24, 2.45) is 23.2 Å². The van der Waals surface area contributed by atoms with E-state index in [-0.39, 0.29) is 61.0 Å². The van der Waals surface area contributed by atoms with Gasteiger partial charge in [0.25, 0.3) is 0 Å². The number of carbonyl (C=O) groups excluding carboxylic acids is 2. The van der Waals surface area contributed by atoms with Crippen LogP contribution in [0.25, 0.3) is 0 Å². The summed E-state index contributed by atoms with van der Waals surface area (Å²) in [5.41, 5.74) is -2.00. The van der Waals surface area contributed by atoms with Crippen LogP contribution in [-0.2, 0) is 33.3 Å². The molecule has 10 atom stereocenters. The van der Waals surface area contributed by atoms with Gasteiger partial charge in [-0.2, -0.15) is 0 Å². The minimum atomic E-state index is -1.32. The van der Waals surface area contributed by atoms with E-state index in [2.05, 4.69) is 42.5 Å². The van der Waals surface area contributed by atoms with Gasteiger partial charge < -0.3 is 33.7 Å². The van der Waals surface area contributed by atoms with E-state index in [0.29, 0.717) is 18.9 Å². The molecular weight excluding hydrogens is 650 g/mol. The number of likely N-dealkylation sites (N-methyl/N-ethyl adjacent to an activating group) is 2. The first-order valence-electron chi connectivity index (χ1n) is 19.8. The zero-order valence-corrected chi connectivity index (χ0v) is 34.7. The maximum atomic E-state index is 14.1. The van der Waals surface area contributed by atoms with Crippen LogP contribution in [0.15, 0.2) is 0 Å². The third-order valence-corrected chi connectivity index (χ3v) is 12.5. The molecule has 4 rings (SSSR count). The molecule has 4 aliphatic heterocycles. The van der Waals surface area contributed by atoms with Crippen LogP contribution in [-0.4, -0.2) is 147 Å². The highest BCUT2D eigenvalue weighted by Gasteiger charge is 2.48. The molecule has 4 fully saturated rings. The Bertz CT molecular complexity index is 1110. The molecular formula is C40H75N3O8. The summed E-state index contributed by atoms with van der Waals surface area (Å²) in [4.78, 5) is 34.8. The topological polar surface area (TPSA) is 110 Å². The number of rotatable bonds is 7. The van der Waals surface area contributed by atoms with Gasteiger partial charge >= 0.3 is 5.97 Å². The minimum absolute atomic E-state index is 0.0247. The van der Waals surface area contributed by atoms with Crippen molar-refractivity contribution in [1.82, 2.24) is 14.7 Å². The Labute approximate surface area is 310 Å². The van der Waals surface area contributed by atoms with Crippen LogP contribution in [0, 0.1) is 23.2 Å². The van der Waals surface area contributed by atoms with Gasteiger partial charge in [-0.05, 0) is 133 Å². The summed E-state index contributed by atoms with van der Waals surface area (Å²) < 4.78 is 30.8. The zero-order chi connectivity index (χ0) is 38.5. The lowest BCUT2D eigenvalue weighted by atomic mass is 9.72. The molecule has 0 bridgehead atoms. The highest BCUT2D eigenvalue weighted by Crippen LogP contribution is 2.40. The SMILES string of the molecule is CC.CO[C@]1(C)C[C@@H](C)CN(C)C(C2CCN(C(C)C3COC(C)(C)O3)CC2)COC(=O)C(C)(C)C(=O)C[C@H]1CC1OC(C)C[C@H](N(C)C)[C@H]1O. The van der Waals surface area contributed by atoms with Gasteiger partial charge in [0.05, 0.1) is 36.6 Å². The molecule has 11 nitrogen and oxygen atoms in total. The van der Waals surface area contributed by atoms with E-state index < -0.39 is 35.0 Å². The molecule has 0 radical (unpaired) electrons. The molecule has 298 valence electrons. The minimum Gasteiger partial charge on any atom is -0.463 e. The van der Waals surface area contributed by atoms with Crippen LogP contribution >= 0.6 is 0 Å². The number of hydrogen-bond donors (Lipinski definition) is 1. The van der Waals surface area contributed by atoms with Gasteiger partial charge in [-0.1, -0.05) is 20.8 Å². The number of carbonyl (C=O) groups is 2. The molecule has 4 aliphatic rings. The summed E-state index contributed by atoms with van der Waals surface area (Å²) in [6.07, 6.45) is 2.88. The molecule has 0 amide bonds. The van der Waals surface area contributed by atoms with E-state index in [1.807, 2.05) is 48.7 Å². The molecule has 4 heterocycles. The zero-order valence-electron chi connectivity index (χ0n) is 34.7. The van der Waals surface area contributed by atoms with Crippen LogP contribution in [0.1, 0.15) is 108 Å². The number of aliphatic hydroxyl groups is 1. The fourth-order valence-corrected chi connectivity index (χ4v) is 8.96. The number of piperidine rings is 1. The third-order valence-electron chi connectivity index (χ3n) is 12.5. The van der Waals surface area contributed by atoms with Gasteiger partial charge in [-0.3, -0.25) is 19.4 Å². The Morgan fingerprint density at radius 1 is 1.04 bits per heavy atom. The largest absolute Gasteiger partial charge is 0.463 e. The highest BCUT2D eigenvalue weighted by atomic mass is 16.7. The summed E-state index contributed by atoms with van der Waals surface area (Å²) in [6, 6.07) is 0.235. The number of hydrogen-bond acceptors (Lipinski definition) is 11. The predicted octanol–water partition coefficient (Wildman–Crippen LogP) is 5.01. The second-order valence-corrected chi connectivity index (χ2v) is 17.3. The van der Waals surface area contributed by atoms with Crippen molar-refractivity contribution in [2.75, 3.05) is 61.1 Å². The molecule has 4 saturated heterocycles. The fraction of sp³-hybridized carbons (Fsp3) is 0.950. The second kappa shape index (κ2) is 18.4. The molecule has 51 heavy (non-hydrogen) atoms. The molecule has 5 unspecified atom stereocenters. The van der Waals surface area contributed by atoms with Gasteiger partial charge in [0.15, 0.2) is 5.79 Å². The van der Waals surface area contributed by atoms with Gasteiger partial charge in [0.1, 0.15) is 17.8 Å². The third kappa shape index (κ3) is 11.0. The number of cyclic esters (lactones) is 1. The standard InChI is InChI=1S/C38H69N3O8.C2H6/c1-24-20-38(8,45-12)28(18-31-34(43)29(39(9)10)17-25(2)48-31)19-33(42)36(4,5)35(44)46-22-30(40(11)21-24)27-13-15-41(16-14-27)26(3)32-23-47-37(6,7)49-32;1-2/h24-32,34,43H,13-23H2,1-12H3;1-2H3/t24-,25?,26?,28-,29+,30?,31?,32?,34-,38-;/m1./s1. The van der Waals surface area contributed by atoms with Crippen molar-refractivity contribution in [3.05, 3.63) is 0 Å². The first-order chi connectivity index (χ1) is 23.8. The van der Waals surface area contributed by atoms with Gasteiger partial charge in [-0.25, -0.2) is 0 Å². The summed E-state index contributed by atoms with van der Waals surface area (Å²) in [6.45, 7) is 23.4. The maximum Gasteiger partial charge on any atom is 0.319 e. The average molecular weight is 726 g/mol. The van der Waals surface area contributed by atoms with Crippen molar-refractivity contribution in [3.63, 3.8) is 0 Å². The van der Waals surface area contributed by atoms with Crippen LogP contribution < -0.4 is 0 Å². The van der Waals surface area contributed by atoms with Crippen LogP contribution in [0.2, 0.25) is 0 Å². The highest BCUT2D eigenvalue weighted by molar-refractivity contribution is 6.03. The molecule has 0 aliphatic carbocycles. The number of aliphatic hydroxyl groups excluding tert-OH is 1. The van der Waals surface area contributed by atoms with E-state index in [0.717, 1.165) is 45.3 Å². The van der Waals surface area contributed by atoms with E-state index in [1.165, 1.54) is 0 Å². The van der Waals surface area contributed by atoms with E-state index >= 15 is 0 Å². The summed E-state index contributed by atoms with van der Waals surface area (Å²) >= 11 is 0. The predicted molar refractivity (Wildman–Crippen MR) is 201 cm³/mol. The molecule has 0 aromatic carbocycles. The maximum absolute atomic E-state index is 14.1.